The van der Waals surface area contributed by atoms with Gasteiger partial charge in [0.1, 0.15) is 11.6 Å². The van der Waals surface area contributed by atoms with E-state index in [0.29, 0.717) is 25.2 Å². The third-order valence-electron chi connectivity index (χ3n) is 2.80. The summed E-state index contributed by atoms with van der Waals surface area (Å²) < 4.78 is 0. The smallest absolute Gasteiger partial charge is 0.240 e. The molecule has 0 bridgehead atoms. The fourth-order valence-corrected chi connectivity index (χ4v) is 1.91. The molecule has 7 heteroatoms. The molecule has 0 aliphatic rings. The molecule has 0 aromatic rings. The standard InChI is InChI=1S/C14H26N4O3/c1-10(19)8-18(9-11(2)20)14(21)13(16-4)6-5-7-17-12(3)15/h13,16H,5-9H2,1-4H3,(H2,15,17). The van der Waals surface area contributed by atoms with Crippen molar-refractivity contribution in [3.05, 3.63) is 0 Å². The number of likely N-dealkylation sites (N-methyl/N-ethyl adjacent to an activating group) is 1. The van der Waals surface area contributed by atoms with Gasteiger partial charge in [-0.15, -0.1) is 0 Å². The highest BCUT2D eigenvalue weighted by Crippen LogP contribution is 2.04. The number of hydrogen-bond donors (Lipinski definition) is 2. The maximum Gasteiger partial charge on any atom is 0.240 e. The number of carbonyl (C=O) groups is 3. The second-order valence-corrected chi connectivity index (χ2v) is 5.10. The highest BCUT2D eigenvalue weighted by atomic mass is 16.2. The number of Topliss-reactive ketones (excluding diaryl/α,β-unsaturated/α-hetero) is 2. The second kappa shape index (κ2) is 10.0. The van der Waals surface area contributed by atoms with Crippen LogP contribution in [0.4, 0.5) is 0 Å². The summed E-state index contributed by atoms with van der Waals surface area (Å²) in [5.41, 5.74) is 5.44. The monoisotopic (exact) mass is 298 g/mol. The van der Waals surface area contributed by atoms with E-state index in [-0.39, 0.29) is 30.6 Å². The number of carbonyl (C=O) groups excluding carboxylic acids is 3. The number of ketones is 2. The summed E-state index contributed by atoms with van der Waals surface area (Å²) in [6, 6.07) is -0.433. The lowest BCUT2D eigenvalue weighted by molar-refractivity contribution is -0.139. The number of nitrogens with zero attached hydrogens (tertiary/aromatic N) is 2. The van der Waals surface area contributed by atoms with Gasteiger partial charge in [0.15, 0.2) is 0 Å². The van der Waals surface area contributed by atoms with Gasteiger partial charge in [-0.2, -0.15) is 0 Å². The van der Waals surface area contributed by atoms with Gasteiger partial charge in [-0.3, -0.25) is 19.4 Å². The Morgan fingerprint density at radius 3 is 2.05 bits per heavy atom. The first-order valence-corrected chi connectivity index (χ1v) is 6.99. The molecule has 1 amide bonds. The first-order valence-electron chi connectivity index (χ1n) is 6.99. The fraction of sp³-hybridized carbons (Fsp3) is 0.714. The lowest BCUT2D eigenvalue weighted by Crippen LogP contribution is -2.48. The van der Waals surface area contributed by atoms with E-state index < -0.39 is 6.04 Å². The Balaban J connectivity index is 4.64. The van der Waals surface area contributed by atoms with Crippen molar-refractivity contribution in [2.24, 2.45) is 10.7 Å². The van der Waals surface area contributed by atoms with Crippen molar-refractivity contribution in [1.82, 2.24) is 10.2 Å². The SMILES string of the molecule is CNC(CCCN=C(C)N)C(=O)N(CC(C)=O)CC(C)=O. The van der Waals surface area contributed by atoms with Crippen LogP contribution >= 0.6 is 0 Å². The quantitative estimate of drug-likeness (QED) is 0.328. The van der Waals surface area contributed by atoms with E-state index in [2.05, 4.69) is 10.3 Å². The normalized spacial score (nSPS) is 12.9. The van der Waals surface area contributed by atoms with E-state index in [9.17, 15) is 14.4 Å². The molecule has 0 aromatic carbocycles. The van der Waals surface area contributed by atoms with Crippen molar-refractivity contribution in [1.29, 1.82) is 0 Å². The summed E-state index contributed by atoms with van der Waals surface area (Å²) in [4.78, 5) is 40.2. The molecule has 7 nitrogen and oxygen atoms in total. The molecule has 3 N–H and O–H groups in total. The van der Waals surface area contributed by atoms with Crippen LogP contribution in [-0.2, 0) is 14.4 Å². The molecule has 0 aromatic heterocycles. The Kier molecular flexibility index (Phi) is 9.20. The largest absolute Gasteiger partial charge is 0.388 e. The van der Waals surface area contributed by atoms with Crippen molar-refractivity contribution in [3.63, 3.8) is 0 Å². The van der Waals surface area contributed by atoms with Crippen LogP contribution in [-0.4, -0.2) is 60.9 Å². The summed E-state index contributed by atoms with van der Waals surface area (Å²) in [5.74, 6) is -0.0286. The number of hydrogen-bond acceptors (Lipinski definition) is 5. The van der Waals surface area contributed by atoms with Gasteiger partial charge >= 0.3 is 0 Å². The van der Waals surface area contributed by atoms with Crippen LogP contribution in [0.15, 0.2) is 4.99 Å². The van der Waals surface area contributed by atoms with Crippen molar-refractivity contribution < 1.29 is 14.4 Å². The molecule has 21 heavy (non-hydrogen) atoms. The number of nitrogens with one attached hydrogen (secondary N) is 1. The summed E-state index contributed by atoms with van der Waals surface area (Å²) in [7, 11) is 1.68. The van der Waals surface area contributed by atoms with Crippen molar-refractivity contribution in [2.45, 2.75) is 39.7 Å². The molecule has 0 spiro atoms. The van der Waals surface area contributed by atoms with Gasteiger partial charge in [0.2, 0.25) is 5.91 Å². The third-order valence-corrected chi connectivity index (χ3v) is 2.80. The second-order valence-electron chi connectivity index (χ2n) is 5.10. The van der Waals surface area contributed by atoms with E-state index in [1.165, 1.54) is 18.7 Å². The molecular formula is C14H26N4O3. The molecule has 0 heterocycles. The van der Waals surface area contributed by atoms with Gasteiger partial charge in [-0.1, -0.05) is 0 Å². The maximum atomic E-state index is 12.4. The van der Waals surface area contributed by atoms with Crippen molar-refractivity contribution >= 4 is 23.3 Å². The van der Waals surface area contributed by atoms with Gasteiger partial charge in [0.25, 0.3) is 0 Å². The van der Waals surface area contributed by atoms with Gasteiger partial charge < -0.3 is 16.0 Å². The molecular weight excluding hydrogens is 272 g/mol. The van der Waals surface area contributed by atoms with Crippen LogP contribution < -0.4 is 11.1 Å². The van der Waals surface area contributed by atoms with Crippen LogP contribution in [0.2, 0.25) is 0 Å². The number of aliphatic imine (C=N–C) groups is 1. The van der Waals surface area contributed by atoms with Gasteiger partial charge in [-0.25, -0.2) is 0 Å². The van der Waals surface area contributed by atoms with Crippen LogP contribution in [0.5, 0.6) is 0 Å². The van der Waals surface area contributed by atoms with E-state index in [4.69, 9.17) is 5.73 Å². The highest BCUT2D eigenvalue weighted by Gasteiger charge is 2.24. The first-order chi connectivity index (χ1) is 9.77. The van der Waals surface area contributed by atoms with Gasteiger partial charge in [0, 0.05) is 6.54 Å². The predicted octanol–water partition coefficient (Wildman–Crippen LogP) is -0.262. The van der Waals surface area contributed by atoms with Gasteiger partial charge in [-0.05, 0) is 40.7 Å². The molecule has 120 valence electrons. The number of rotatable bonds is 10. The predicted molar refractivity (Wildman–Crippen MR) is 82.2 cm³/mol. The number of nitrogens with two attached hydrogens (primary N) is 1. The van der Waals surface area contributed by atoms with E-state index in [0.717, 1.165) is 0 Å². The molecule has 0 aliphatic carbocycles. The molecule has 0 aliphatic heterocycles. The first kappa shape index (κ1) is 19.2. The van der Waals surface area contributed by atoms with Crippen LogP contribution in [0.1, 0.15) is 33.6 Å². The molecule has 1 atom stereocenters. The summed E-state index contributed by atoms with van der Waals surface area (Å²) in [5, 5.41) is 2.92. The summed E-state index contributed by atoms with van der Waals surface area (Å²) in [6.45, 7) is 4.96. The number of amides is 1. The zero-order chi connectivity index (χ0) is 16.4. The van der Waals surface area contributed by atoms with Crippen molar-refractivity contribution in [2.75, 3.05) is 26.7 Å². The Bertz CT molecular complexity index is 387. The Morgan fingerprint density at radius 2 is 1.67 bits per heavy atom. The van der Waals surface area contributed by atoms with Crippen LogP contribution in [0.25, 0.3) is 0 Å². The molecule has 0 saturated carbocycles. The highest BCUT2D eigenvalue weighted by molar-refractivity contribution is 5.91. The van der Waals surface area contributed by atoms with Crippen LogP contribution in [0.3, 0.4) is 0 Å². The zero-order valence-electron chi connectivity index (χ0n) is 13.3. The Morgan fingerprint density at radius 1 is 1.14 bits per heavy atom. The van der Waals surface area contributed by atoms with E-state index in [1.807, 2.05) is 0 Å². The average molecular weight is 298 g/mol. The molecule has 0 saturated heterocycles. The minimum absolute atomic E-state index is 0.0450. The summed E-state index contributed by atoms with van der Waals surface area (Å²) >= 11 is 0. The maximum absolute atomic E-state index is 12.4. The van der Waals surface area contributed by atoms with Crippen molar-refractivity contribution in [3.8, 4) is 0 Å². The number of amidine groups is 1. The molecule has 0 radical (unpaired) electrons. The van der Waals surface area contributed by atoms with Gasteiger partial charge in [0.05, 0.1) is 25.0 Å². The summed E-state index contributed by atoms with van der Waals surface area (Å²) in [6.07, 6.45) is 1.26. The lowest BCUT2D eigenvalue weighted by atomic mass is 10.1. The topological polar surface area (TPSA) is 105 Å². The zero-order valence-corrected chi connectivity index (χ0v) is 13.3. The average Bonchev–Trinajstić information content (AvgIpc) is 2.36. The lowest BCUT2D eigenvalue weighted by Gasteiger charge is -2.25. The van der Waals surface area contributed by atoms with Crippen LogP contribution in [0, 0.1) is 0 Å². The Hall–Kier alpha value is -1.76. The third kappa shape index (κ3) is 8.91. The van der Waals surface area contributed by atoms with E-state index in [1.54, 1.807) is 14.0 Å². The minimum atomic E-state index is -0.433. The molecule has 0 rings (SSSR count). The molecule has 1 unspecified atom stereocenters. The minimum Gasteiger partial charge on any atom is -0.388 e. The van der Waals surface area contributed by atoms with E-state index >= 15 is 0 Å². The fourth-order valence-electron chi connectivity index (χ4n) is 1.91. The Labute approximate surface area is 126 Å². The molecule has 0 fully saturated rings.